The molecule has 0 radical (unpaired) electrons. The Kier molecular flexibility index (Phi) is 5.80. The SMILES string of the molecule is OC[C@@H](O)[C@H]1OC(NC(c2ccccc2)c2ccccc2)[C@@H](O)[C@H]1O. The Morgan fingerprint density at radius 3 is 1.88 bits per heavy atom. The van der Waals surface area contributed by atoms with Crippen LogP contribution in [-0.4, -0.2) is 57.7 Å². The van der Waals surface area contributed by atoms with Crippen molar-refractivity contribution in [2.24, 2.45) is 0 Å². The number of rotatable bonds is 6. The largest absolute Gasteiger partial charge is 0.394 e. The lowest BCUT2D eigenvalue weighted by molar-refractivity contribution is -0.0879. The van der Waals surface area contributed by atoms with E-state index in [4.69, 9.17) is 9.84 Å². The van der Waals surface area contributed by atoms with Crippen molar-refractivity contribution in [1.82, 2.24) is 5.32 Å². The van der Waals surface area contributed by atoms with E-state index in [9.17, 15) is 15.3 Å². The molecule has 3 rings (SSSR count). The lowest BCUT2D eigenvalue weighted by atomic mass is 9.98. The molecule has 1 saturated heterocycles. The van der Waals surface area contributed by atoms with Gasteiger partial charge in [-0.1, -0.05) is 60.7 Å². The molecule has 0 aromatic heterocycles. The van der Waals surface area contributed by atoms with Crippen molar-refractivity contribution in [1.29, 1.82) is 0 Å². The minimum atomic E-state index is -1.29. The van der Waals surface area contributed by atoms with E-state index in [0.717, 1.165) is 11.1 Å². The normalized spacial score (nSPS) is 27.6. The lowest BCUT2D eigenvalue weighted by Crippen LogP contribution is -2.43. The Balaban J connectivity index is 1.84. The average molecular weight is 345 g/mol. The summed E-state index contributed by atoms with van der Waals surface area (Å²) in [5.74, 6) is 0. The van der Waals surface area contributed by atoms with Gasteiger partial charge in [-0.3, -0.25) is 5.32 Å². The van der Waals surface area contributed by atoms with Crippen LogP contribution in [0, 0.1) is 0 Å². The second kappa shape index (κ2) is 8.05. The molecule has 0 bridgehead atoms. The van der Waals surface area contributed by atoms with Gasteiger partial charge < -0.3 is 25.2 Å². The first-order chi connectivity index (χ1) is 12.1. The summed E-state index contributed by atoms with van der Waals surface area (Å²) >= 11 is 0. The summed E-state index contributed by atoms with van der Waals surface area (Å²) in [6.07, 6.45) is -5.70. The third kappa shape index (κ3) is 3.90. The predicted molar refractivity (Wildman–Crippen MR) is 91.6 cm³/mol. The molecule has 1 aliphatic rings. The maximum atomic E-state index is 10.3. The van der Waals surface area contributed by atoms with E-state index in [1.54, 1.807) is 0 Å². The third-order valence-electron chi connectivity index (χ3n) is 4.46. The first-order valence-electron chi connectivity index (χ1n) is 8.28. The molecule has 6 nitrogen and oxygen atoms in total. The van der Waals surface area contributed by atoms with Crippen molar-refractivity contribution in [3.63, 3.8) is 0 Å². The van der Waals surface area contributed by atoms with Crippen molar-refractivity contribution in [2.45, 2.75) is 36.7 Å². The van der Waals surface area contributed by atoms with Crippen LogP contribution in [0.1, 0.15) is 17.2 Å². The number of aliphatic hydroxyl groups excluding tert-OH is 4. The summed E-state index contributed by atoms with van der Waals surface area (Å²) in [7, 11) is 0. The fourth-order valence-electron chi connectivity index (χ4n) is 3.10. The number of nitrogens with one attached hydrogen (secondary N) is 1. The molecule has 5 atom stereocenters. The molecule has 0 spiro atoms. The predicted octanol–water partition coefficient (Wildman–Crippen LogP) is 0.165. The highest BCUT2D eigenvalue weighted by atomic mass is 16.6. The van der Waals surface area contributed by atoms with Crippen molar-refractivity contribution in [2.75, 3.05) is 6.61 Å². The molecular formula is C19H23NO5. The van der Waals surface area contributed by atoms with Crippen LogP contribution in [0.3, 0.4) is 0 Å². The van der Waals surface area contributed by atoms with E-state index in [2.05, 4.69) is 5.32 Å². The van der Waals surface area contributed by atoms with Gasteiger partial charge in [-0.25, -0.2) is 0 Å². The molecule has 134 valence electrons. The summed E-state index contributed by atoms with van der Waals surface area (Å²) in [4.78, 5) is 0. The topological polar surface area (TPSA) is 102 Å². The summed E-state index contributed by atoms with van der Waals surface area (Å²) in [5.41, 5.74) is 1.95. The standard InChI is InChI=1S/C19H23NO5/c21-11-14(22)18-16(23)17(24)19(25-18)20-15(12-7-3-1-4-8-12)13-9-5-2-6-10-13/h1-10,14-24H,11H2/t14-,16-,17+,18-,19?/m1/s1. The van der Waals surface area contributed by atoms with Crippen molar-refractivity contribution < 1.29 is 25.2 Å². The van der Waals surface area contributed by atoms with E-state index in [0.29, 0.717) is 0 Å². The van der Waals surface area contributed by atoms with Gasteiger partial charge in [0.1, 0.15) is 30.6 Å². The quantitative estimate of drug-likeness (QED) is 0.511. The van der Waals surface area contributed by atoms with E-state index >= 15 is 0 Å². The van der Waals surface area contributed by atoms with Gasteiger partial charge in [0.15, 0.2) is 0 Å². The van der Waals surface area contributed by atoms with Crippen LogP contribution in [0.2, 0.25) is 0 Å². The number of ether oxygens (including phenoxy) is 1. The number of hydrogen-bond donors (Lipinski definition) is 5. The first kappa shape index (κ1) is 18.0. The molecule has 1 heterocycles. The Bertz CT molecular complexity index is 614. The zero-order valence-corrected chi connectivity index (χ0v) is 13.6. The molecule has 2 aromatic rings. The molecule has 6 heteroatoms. The van der Waals surface area contributed by atoms with E-state index < -0.39 is 37.3 Å². The molecule has 0 amide bonds. The van der Waals surface area contributed by atoms with Gasteiger partial charge in [-0.15, -0.1) is 0 Å². The number of benzene rings is 2. The molecular weight excluding hydrogens is 322 g/mol. The Hall–Kier alpha value is -1.80. The van der Waals surface area contributed by atoms with Crippen LogP contribution < -0.4 is 5.32 Å². The minimum Gasteiger partial charge on any atom is -0.394 e. The van der Waals surface area contributed by atoms with E-state index in [-0.39, 0.29) is 6.04 Å². The maximum absolute atomic E-state index is 10.3. The highest BCUT2D eigenvalue weighted by Crippen LogP contribution is 2.28. The molecule has 25 heavy (non-hydrogen) atoms. The van der Waals surface area contributed by atoms with Crippen LogP contribution in [-0.2, 0) is 4.74 Å². The minimum absolute atomic E-state index is 0.265. The molecule has 1 fully saturated rings. The van der Waals surface area contributed by atoms with Gasteiger partial charge in [0.05, 0.1) is 12.6 Å². The molecule has 1 aliphatic heterocycles. The Labute approximate surface area is 146 Å². The lowest BCUT2D eigenvalue weighted by Gasteiger charge is -2.26. The van der Waals surface area contributed by atoms with Crippen LogP contribution in [0.15, 0.2) is 60.7 Å². The third-order valence-corrected chi connectivity index (χ3v) is 4.46. The maximum Gasteiger partial charge on any atom is 0.138 e. The summed E-state index contributed by atoms with van der Waals surface area (Å²) < 4.78 is 5.59. The molecule has 0 aliphatic carbocycles. The zero-order valence-electron chi connectivity index (χ0n) is 13.6. The average Bonchev–Trinajstić information content (AvgIpc) is 2.95. The summed E-state index contributed by atoms with van der Waals surface area (Å²) in [6.45, 7) is -0.554. The van der Waals surface area contributed by atoms with Crippen LogP contribution in [0.25, 0.3) is 0 Å². The molecule has 2 aromatic carbocycles. The van der Waals surface area contributed by atoms with E-state index in [1.807, 2.05) is 60.7 Å². The second-order valence-corrected chi connectivity index (χ2v) is 6.17. The van der Waals surface area contributed by atoms with Gasteiger partial charge in [-0.05, 0) is 11.1 Å². The monoisotopic (exact) mass is 345 g/mol. The fourth-order valence-corrected chi connectivity index (χ4v) is 3.10. The van der Waals surface area contributed by atoms with Crippen molar-refractivity contribution >= 4 is 0 Å². The number of aliphatic hydroxyl groups is 4. The van der Waals surface area contributed by atoms with Gasteiger partial charge in [0.2, 0.25) is 0 Å². The summed E-state index contributed by atoms with van der Waals surface area (Å²) in [5, 5.41) is 42.4. The van der Waals surface area contributed by atoms with Gasteiger partial charge in [0.25, 0.3) is 0 Å². The van der Waals surface area contributed by atoms with Gasteiger partial charge in [-0.2, -0.15) is 0 Å². The molecule has 5 N–H and O–H groups in total. The second-order valence-electron chi connectivity index (χ2n) is 6.17. The highest BCUT2D eigenvalue weighted by molar-refractivity contribution is 5.31. The van der Waals surface area contributed by atoms with Crippen molar-refractivity contribution in [3.05, 3.63) is 71.8 Å². The summed E-state index contributed by atoms with van der Waals surface area (Å²) in [6, 6.07) is 19.1. The van der Waals surface area contributed by atoms with E-state index in [1.165, 1.54) is 0 Å². The Morgan fingerprint density at radius 2 is 1.40 bits per heavy atom. The molecule has 0 saturated carbocycles. The number of hydrogen-bond acceptors (Lipinski definition) is 6. The van der Waals surface area contributed by atoms with Crippen LogP contribution in [0.4, 0.5) is 0 Å². The molecule has 1 unspecified atom stereocenters. The van der Waals surface area contributed by atoms with Crippen molar-refractivity contribution in [3.8, 4) is 0 Å². The van der Waals surface area contributed by atoms with Gasteiger partial charge in [0, 0.05) is 0 Å². The first-order valence-corrected chi connectivity index (χ1v) is 8.28. The smallest absolute Gasteiger partial charge is 0.138 e. The van der Waals surface area contributed by atoms with Crippen LogP contribution >= 0.6 is 0 Å². The fraction of sp³-hybridized carbons (Fsp3) is 0.368. The van der Waals surface area contributed by atoms with Crippen LogP contribution in [0.5, 0.6) is 0 Å². The van der Waals surface area contributed by atoms with Gasteiger partial charge >= 0.3 is 0 Å². The zero-order chi connectivity index (χ0) is 17.8. The highest BCUT2D eigenvalue weighted by Gasteiger charge is 2.46. The Morgan fingerprint density at radius 1 is 0.880 bits per heavy atom.